The molecule has 112 valence electrons. The highest BCUT2D eigenvalue weighted by molar-refractivity contribution is 6.30. The van der Waals surface area contributed by atoms with Crippen molar-refractivity contribution in [1.82, 2.24) is 10.3 Å². The average molecular weight is 309 g/mol. The van der Waals surface area contributed by atoms with Crippen molar-refractivity contribution in [2.45, 2.75) is 20.3 Å². The molecule has 0 saturated heterocycles. The van der Waals surface area contributed by atoms with E-state index >= 15 is 0 Å². The second-order valence-corrected chi connectivity index (χ2v) is 5.02. The van der Waals surface area contributed by atoms with Gasteiger partial charge in [0.15, 0.2) is 12.5 Å². The first-order valence-corrected chi connectivity index (χ1v) is 7.00. The summed E-state index contributed by atoms with van der Waals surface area (Å²) in [6.45, 7) is 4.14. The van der Waals surface area contributed by atoms with Gasteiger partial charge in [0, 0.05) is 24.9 Å². The first-order valence-electron chi connectivity index (χ1n) is 6.62. The van der Waals surface area contributed by atoms with Crippen LogP contribution in [0.15, 0.2) is 28.7 Å². The van der Waals surface area contributed by atoms with Gasteiger partial charge < -0.3 is 14.5 Å². The van der Waals surface area contributed by atoms with E-state index in [1.54, 1.807) is 31.2 Å². The molecule has 5 nitrogen and oxygen atoms in total. The Bertz CT molecular complexity index is 608. The number of ether oxygens (including phenoxy) is 1. The number of aryl methyl sites for hydroxylation is 2. The molecule has 0 bridgehead atoms. The maximum Gasteiger partial charge on any atom is 0.257 e. The molecule has 0 unspecified atom stereocenters. The van der Waals surface area contributed by atoms with Gasteiger partial charge in [-0.25, -0.2) is 4.98 Å². The van der Waals surface area contributed by atoms with Gasteiger partial charge in [-0.1, -0.05) is 11.6 Å². The number of hydrogen-bond donors (Lipinski definition) is 1. The number of nitrogens with one attached hydrogen (secondary N) is 1. The summed E-state index contributed by atoms with van der Waals surface area (Å²) in [5, 5.41) is 3.40. The van der Waals surface area contributed by atoms with Gasteiger partial charge in [0.1, 0.15) is 11.5 Å². The number of carbonyl (C=O) groups is 1. The third kappa shape index (κ3) is 4.79. The van der Waals surface area contributed by atoms with Crippen molar-refractivity contribution in [3.8, 4) is 5.75 Å². The molecule has 0 atom stereocenters. The molecule has 0 aliphatic heterocycles. The van der Waals surface area contributed by atoms with Gasteiger partial charge >= 0.3 is 0 Å². The summed E-state index contributed by atoms with van der Waals surface area (Å²) in [5.41, 5.74) is 0.860. The second kappa shape index (κ2) is 7.13. The SMILES string of the molecule is Cc1nc(C)c(CCNC(=O)COc2ccc(Cl)cc2)o1. The Hall–Kier alpha value is -2.01. The predicted octanol–water partition coefficient (Wildman–Crippen LogP) is 2.68. The number of hydrogen-bond acceptors (Lipinski definition) is 4. The smallest absolute Gasteiger partial charge is 0.257 e. The van der Waals surface area contributed by atoms with E-state index in [9.17, 15) is 4.79 Å². The summed E-state index contributed by atoms with van der Waals surface area (Å²) in [6.07, 6.45) is 0.610. The molecule has 0 radical (unpaired) electrons. The molecule has 0 aliphatic carbocycles. The van der Waals surface area contributed by atoms with E-state index in [1.165, 1.54) is 0 Å². The average Bonchev–Trinajstić information content (AvgIpc) is 2.76. The van der Waals surface area contributed by atoms with Crippen molar-refractivity contribution < 1.29 is 13.9 Å². The Balaban J connectivity index is 1.70. The zero-order valence-corrected chi connectivity index (χ0v) is 12.7. The van der Waals surface area contributed by atoms with E-state index < -0.39 is 0 Å². The molecule has 21 heavy (non-hydrogen) atoms. The van der Waals surface area contributed by atoms with Crippen LogP contribution in [0.2, 0.25) is 5.02 Å². The summed E-state index contributed by atoms with van der Waals surface area (Å²) < 4.78 is 10.8. The van der Waals surface area contributed by atoms with Gasteiger partial charge in [-0.2, -0.15) is 0 Å². The minimum absolute atomic E-state index is 0.0317. The van der Waals surface area contributed by atoms with Gasteiger partial charge in [0.25, 0.3) is 5.91 Å². The van der Waals surface area contributed by atoms with Crippen molar-refractivity contribution in [1.29, 1.82) is 0 Å². The van der Waals surface area contributed by atoms with Gasteiger partial charge in [-0.15, -0.1) is 0 Å². The Morgan fingerprint density at radius 1 is 1.33 bits per heavy atom. The Morgan fingerprint density at radius 2 is 2.05 bits per heavy atom. The minimum atomic E-state index is -0.182. The quantitative estimate of drug-likeness (QED) is 0.891. The number of rotatable bonds is 6. The third-order valence-corrected chi connectivity index (χ3v) is 3.11. The molecule has 1 aromatic heterocycles. The van der Waals surface area contributed by atoms with Gasteiger partial charge in [0.2, 0.25) is 0 Å². The molecule has 0 fully saturated rings. The molecule has 1 N–H and O–H groups in total. The van der Waals surface area contributed by atoms with Crippen LogP contribution in [-0.2, 0) is 11.2 Å². The number of carbonyl (C=O) groups excluding carboxylic acids is 1. The molecule has 0 saturated carbocycles. The summed E-state index contributed by atoms with van der Waals surface area (Å²) in [6, 6.07) is 6.86. The van der Waals surface area contributed by atoms with Crippen LogP contribution in [0, 0.1) is 13.8 Å². The largest absolute Gasteiger partial charge is 0.484 e. The van der Waals surface area contributed by atoms with Gasteiger partial charge in [-0.3, -0.25) is 4.79 Å². The number of nitrogens with zero attached hydrogens (tertiary/aromatic N) is 1. The summed E-state index contributed by atoms with van der Waals surface area (Å²) in [7, 11) is 0. The highest BCUT2D eigenvalue weighted by Crippen LogP contribution is 2.15. The van der Waals surface area contributed by atoms with Gasteiger partial charge in [-0.05, 0) is 31.2 Å². The van der Waals surface area contributed by atoms with Crippen LogP contribution in [-0.4, -0.2) is 24.0 Å². The number of halogens is 1. The third-order valence-electron chi connectivity index (χ3n) is 2.86. The monoisotopic (exact) mass is 308 g/mol. The van der Waals surface area contributed by atoms with E-state index in [2.05, 4.69) is 10.3 Å². The standard InChI is InChI=1S/C15H17ClN2O3/c1-10-14(21-11(2)18-10)7-8-17-15(19)9-20-13-5-3-12(16)4-6-13/h3-6H,7-9H2,1-2H3,(H,17,19). The Labute approximate surface area is 128 Å². The van der Waals surface area contributed by atoms with Crippen LogP contribution in [0.5, 0.6) is 5.75 Å². The van der Waals surface area contributed by atoms with Crippen LogP contribution in [0.4, 0.5) is 0 Å². The first-order chi connectivity index (χ1) is 10.0. The summed E-state index contributed by atoms with van der Waals surface area (Å²) >= 11 is 5.77. The van der Waals surface area contributed by atoms with Crippen molar-refractivity contribution >= 4 is 17.5 Å². The first kappa shape index (κ1) is 15.4. The van der Waals surface area contributed by atoms with Gasteiger partial charge in [0.05, 0.1) is 5.69 Å². The lowest BCUT2D eigenvalue weighted by molar-refractivity contribution is -0.123. The van der Waals surface area contributed by atoms with Crippen molar-refractivity contribution in [2.24, 2.45) is 0 Å². The maximum absolute atomic E-state index is 11.7. The molecule has 6 heteroatoms. The summed E-state index contributed by atoms with van der Waals surface area (Å²) in [4.78, 5) is 15.8. The van der Waals surface area contributed by atoms with E-state index in [0.717, 1.165) is 11.5 Å². The lowest BCUT2D eigenvalue weighted by Crippen LogP contribution is -2.30. The molecule has 1 heterocycles. The normalized spacial score (nSPS) is 10.4. The molecule has 1 aromatic carbocycles. The van der Waals surface area contributed by atoms with E-state index in [0.29, 0.717) is 29.6 Å². The molecule has 1 amide bonds. The lowest BCUT2D eigenvalue weighted by atomic mass is 10.3. The predicted molar refractivity (Wildman–Crippen MR) is 79.6 cm³/mol. The lowest BCUT2D eigenvalue weighted by Gasteiger charge is -2.07. The number of amides is 1. The van der Waals surface area contributed by atoms with Crippen LogP contribution in [0.25, 0.3) is 0 Å². The fraction of sp³-hybridized carbons (Fsp3) is 0.333. The molecular weight excluding hydrogens is 292 g/mol. The van der Waals surface area contributed by atoms with Crippen LogP contribution in [0.3, 0.4) is 0 Å². The van der Waals surface area contributed by atoms with Crippen molar-refractivity contribution in [2.75, 3.05) is 13.2 Å². The number of aromatic nitrogens is 1. The van der Waals surface area contributed by atoms with Crippen molar-refractivity contribution in [3.05, 3.63) is 46.6 Å². The zero-order valence-electron chi connectivity index (χ0n) is 12.0. The Morgan fingerprint density at radius 3 is 2.67 bits per heavy atom. The molecule has 0 aliphatic rings. The van der Waals surface area contributed by atoms with E-state index in [4.69, 9.17) is 20.8 Å². The highest BCUT2D eigenvalue weighted by Gasteiger charge is 2.08. The highest BCUT2D eigenvalue weighted by atomic mass is 35.5. The van der Waals surface area contributed by atoms with E-state index in [1.807, 2.05) is 6.92 Å². The van der Waals surface area contributed by atoms with Crippen LogP contribution in [0.1, 0.15) is 17.3 Å². The minimum Gasteiger partial charge on any atom is -0.484 e. The van der Waals surface area contributed by atoms with Crippen LogP contribution < -0.4 is 10.1 Å². The topological polar surface area (TPSA) is 64.4 Å². The maximum atomic E-state index is 11.7. The second-order valence-electron chi connectivity index (χ2n) is 4.58. The fourth-order valence-corrected chi connectivity index (χ4v) is 1.98. The van der Waals surface area contributed by atoms with E-state index in [-0.39, 0.29) is 12.5 Å². The molecule has 0 spiro atoms. The van der Waals surface area contributed by atoms with Crippen molar-refractivity contribution in [3.63, 3.8) is 0 Å². The molecule has 2 aromatic rings. The zero-order chi connectivity index (χ0) is 15.2. The Kier molecular flexibility index (Phi) is 5.22. The molecular formula is C15H17ClN2O3. The summed E-state index contributed by atoms with van der Waals surface area (Å²) in [5.74, 6) is 1.86. The fourth-order valence-electron chi connectivity index (χ4n) is 1.85. The number of benzene rings is 1. The molecule has 2 rings (SSSR count). The van der Waals surface area contributed by atoms with Crippen LogP contribution >= 0.6 is 11.6 Å². The number of oxazole rings is 1.